The number of fused-ring (bicyclic) bond motifs is 1. The van der Waals surface area contributed by atoms with Gasteiger partial charge in [-0.15, -0.1) is 0 Å². The molecule has 0 saturated carbocycles. The minimum atomic E-state index is 0.153. The molecule has 0 unspecified atom stereocenters. The van der Waals surface area contributed by atoms with E-state index in [2.05, 4.69) is 54.5 Å². The molecule has 3 aromatic rings. The van der Waals surface area contributed by atoms with E-state index in [0.29, 0.717) is 0 Å². The summed E-state index contributed by atoms with van der Waals surface area (Å²) in [6.07, 6.45) is 2.18. The van der Waals surface area contributed by atoms with Crippen LogP contribution in [-0.4, -0.2) is 38.8 Å². The van der Waals surface area contributed by atoms with Gasteiger partial charge in [0.25, 0.3) is 0 Å². The molecule has 148 valence electrons. The summed E-state index contributed by atoms with van der Waals surface area (Å²) < 4.78 is 2.34. The molecule has 4 rings (SSSR count). The molecular formula is C23H28ClN3O. The van der Waals surface area contributed by atoms with Crippen LogP contribution in [0.5, 0.6) is 0 Å². The number of aromatic nitrogens is 2. The van der Waals surface area contributed by atoms with E-state index in [0.717, 1.165) is 42.3 Å². The largest absolute Gasteiger partial charge is 0.395 e. The first-order valence-electron chi connectivity index (χ1n) is 10.1. The Balaban J connectivity index is 1.81. The Hall–Kier alpha value is -1.88. The fourth-order valence-electron chi connectivity index (χ4n) is 4.37. The van der Waals surface area contributed by atoms with Gasteiger partial charge in [0.1, 0.15) is 5.82 Å². The van der Waals surface area contributed by atoms with E-state index in [1.165, 1.54) is 22.2 Å². The Bertz CT molecular complexity index is 980. The zero-order chi connectivity index (χ0) is 19.8. The van der Waals surface area contributed by atoms with Gasteiger partial charge >= 0.3 is 0 Å². The summed E-state index contributed by atoms with van der Waals surface area (Å²) in [6, 6.07) is 12.9. The van der Waals surface area contributed by atoms with Crippen LogP contribution in [0.1, 0.15) is 48.3 Å². The molecule has 1 aromatic heterocycles. The Morgan fingerprint density at radius 2 is 1.89 bits per heavy atom. The highest BCUT2D eigenvalue weighted by Gasteiger charge is 2.31. The molecule has 1 fully saturated rings. The van der Waals surface area contributed by atoms with Gasteiger partial charge in [0.05, 0.1) is 23.7 Å². The van der Waals surface area contributed by atoms with Gasteiger partial charge < -0.3 is 9.67 Å². The van der Waals surface area contributed by atoms with E-state index >= 15 is 0 Å². The van der Waals surface area contributed by atoms with Crippen LogP contribution in [0.4, 0.5) is 0 Å². The van der Waals surface area contributed by atoms with Crippen molar-refractivity contribution >= 4 is 22.6 Å². The fraction of sp³-hybridized carbons (Fsp3) is 0.435. The molecule has 1 N–H and O–H groups in total. The van der Waals surface area contributed by atoms with Gasteiger partial charge in [0.2, 0.25) is 0 Å². The van der Waals surface area contributed by atoms with E-state index in [4.69, 9.17) is 16.6 Å². The molecular weight excluding hydrogens is 370 g/mol. The summed E-state index contributed by atoms with van der Waals surface area (Å²) in [4.78, 5) is 7.46. The molecule has 0 aliphatic carbocycles. The summed E-state index contributed by atoms with van der Waals surface area (Å²) in [5, 5.41) is 10.5. The fourth-order valence-corrected chi connectivity index (χ4v) is 4.49. The summed E-state index contributed by atoms with van der Waals surface area (Å²) in [6.45, 7) is 8.48. The van der Waals surface area contributed by atoms with Gasteiger partial charge in [-0.05, 0) is 81.1 Å². The van der Waals surface area contributed by atoms with Crippen LogP contribution in [-0.2, 0) is 6.54 Å². The first kappa shape index (κ1) is 19.4. The maximum Gasteiger partial charge on any atom is 0.127 e. The molecule has 2 aromatic carbocycles. The van der Waals surface area contributed by atoms with Crippen LogP contribution in [0.2, 0.25) is 5.02 Å². The third-order valence-corrected chi connectivity index (χ3v) is 6.40. The molecule has 0 amide bonds. The van der Waals surface area contributed by atoms with E-state index in [-0.39, 0.29) is 18.7 Å². The lowest BCUT2D eigenvalue weighted by Crippen LogP contribution is -2.35. The molecule has 4 nitrogen and oxygen atoms in total. The molecule has 5 heteroatoms. The van der Waals surface area contributed by atoms with Crippen LogP contribution in [0, 0.1) is 13.8 Å². The molecule has 0 bridgehead atoms. The van der Waals surface area contributed by atoms with Gasteiger partial charge in [-0.3, -0.25) is 4.90 Å². The third-order valence-electron chi connectivity index (χ3n) is 6.15. The van der Waals surface area contributed by atoms with E-state index < -0.39 is 0 Å². The van der Waals surface area contributed by atoms with Crippen molar-refractivity contribution in [3.8, 4) is 0 Å². The van der Waals surface area contributed by atoms with E-state index in [1.54, 1.807) is 0 Å². The number of aliphatic hydroxyl groups is 1. The number of halogens is 1. The number of likely N-dealkylation sites (tertiary alicyclic amines) is 1. The van der Waals surface area contributed by atoms with Gasteiger partial charge in [-0.25, -0.2) is 4.98 Å². The average Bonchev–Trinajstić information content (AvgIpc) is 3.29. The first-order valence-corrected chi connectivity index (χ1v) is 10.4. The summed E-state index contributed by atoms with van der Waals surface area (Å²) in [5.74, 6) is 1.07. The predicted molar refractivity (Wildman–Crippen MR) is 115 cm³/mol. The second-order valence-electron chi connectivity index (χ2n) is 8.00. The highest BCUT2D eigenvalue weighted by Crippen LogP contribution is 2.32. The molecule has 0 spiro atoms. The second-order valence-corrected chi connectivity index (χ2v) is 8.44. The standard InChI is InChI=1S/C23H28ClN3O/c1-15-11-21-22(12-16(15)2)27(13-18-6-8-19(24)9-7-18)23(25-21)17(3)26-10-4-5-20(26)14-28/h6-9,11-12,17,20,28H,4-5,10,13-14H2,1-3H3/t17-,20+/m0/s1. The second kappa shape index (κ2) is 7.86. The van der Waals surface area contributed by atoms with Crippen molar-refractivity contribution < 1.29 is 5.11 Å². The van der Waals surface area contributed by atoms with Crippen molar-refractivity contribution in [3.05, 3.63) is 63.9 Å². The number of rotatable bonds is 5. The predicted octanol–water partition coefficient (Wildman–Crippen LogP) is 4.87. The van der Waals surface area contributed by atoms with Crippen molar-refractivity contribution in [2.75, 3.05) is 13.2 Å². The molecule has 0 radical (unpaired) electrons. The minimum absolute atomic E-state index is 0.153. The zero-order valence-electron chi connectivity index (χ0n) is 16.8. The van der Waals surface area contributed by atoms with E-state index in [1.807, 2.05) is 12.1 Å². The third kappa shape index (κ3) is 3.57. The van der Waals surface area contributed by atoms with Crippen LogP contribution < -0.4 is 0 Å². The van der Waals surface area contributed by atoms with Crippen LogP contribution in [0.15, 0.2) is 36.4 Å². The lowest BCUT2D eigenvalue weighted by atomic mass is 10.1. The molecule has 2 atom stereocenters. The number of hydrogen-bond acceptors (Lipinski definition) is 3. The van der Waals surface area contributed by atoms with Crippen molar-refractivity contribution in [1.82, 2.24) is 14.5 Å². The summed E-state index contributed by atoms with van der Waals surface area (Å²) >= 11 is 6.08. The number of aliphatic hydroxyl groups excluding tert-OH is 1. The topological polar surface area (TPSA) is 41.3 Å². The Morgan fingerprint density at radius 3 is 2.61 bits per heavy atom. The number of benzene rings is 2. The Kier molecular flexibility index (Phi) is 5.46. The normalized spacial score (nSPS) is 18.8. The van der Waals surface area contributed by atoms with Crippen molar-refractivity contribution in [3.63, 3.8) is 0 Å². The quantitative estimate of drug-likeness (QED) is 0.667. The van der Waals surface area contributed by atoms with Gasteiger partial charge in [0, 0.05) is 17.6 Å². The van der Waals surface area contributed by atoms with Gasteiger partial charge in [-0.2, -0.15) is 0 Å². The molecule has 1 aliphatic heterocycles. The number of imidazole rings is 1. The average molecular weight is 398 g/mol. The molecule has 1 saturated heterocycles. The van der Waals surface area contributed by atoms with Crippen LogP contribution in [0.3, 0.4) is 0 Å². The maximum atomic E-state index is 9.79. The monoisotopic (exact) mass is 397 g/mol. The lowest BCUT2D eigenvalue weighted by Gasteiger charge is -2.29. The zero-order valence-corrected chi connectivity index (χ0v) is 17.6. The highest BCUT2D eigenvalue weighted by molar-refractivity contribution is 6.30. The maximum absolute atomic E-state index is 9.79. The Labute approximate surface area is 171 Å². The van der Waals surface area contributed by atoms with Crippen molar-refractivity contribution in [2.24, 2.45) is 0 Å². The molecule has 28 heavy (non-hydrogen) atoms. The van der Waals surface area contributed by atoms with Crippen LogP contribution >= 0.6 is 11.6 Å². The number of nitrogens with zero attached hydrogens (tertiary/aromatic N) is 3. The summed E-state index contributed by atoms with van der Waals surface area (Å²) in [5.41, 5.74) is 5.95. The number of aryl methyl sites for hydroxylation is 2. The van der Waals surface area contributed by atoms with Crippen molar-refractivity contribution in [2.45, 2.75) is 52.2 Å². The van der Waals surface area contributed by atoms with Gasteiger partial charge in [-0.1, -0.05) is 23.7 Å². The summed E-state index contributed by atoms with van der Waals surface area (Å²) in [7, 11) is 0. The minimum Gasteiger partial charge on any atom is -0.395 e. The Morgan fingerprint density at radius 1 is 1.18 bits per heavy atom. The van der Waals surface area contributed by atoms with Crippen LogP contribution in [0.25, 0.3) is 11.0 Å². The first-order chi connectivity index (χ1) is 13.5. The smallest absolute Gasteiger partial charge is 0.127 e. The van der Waals surface area contributed by atoms with Crippen molar-refractivity contribution in [1.29, 1.82) is 0 Å². The van der Waals surface area contributed by atoms with E-state index in [9.17, 15) is 5.11 Å². The number of hydrogen-bond donors (Lipinski definition) is 1. The molecule has 2 heterocycles. The SMILES string of the molecule is Cc1cc2nc([C@H](C)N3CCC[C@@H]3CO)n(Cc3ccc(Cl)cc3)c2cc1C. The lowest BCUT2D eigenvalue weighted by molar-refractivity contribution is 0.121. The molecule has 1 aliphatic rings. The van der Waals surface area contributed by atoms with Gasteiger partial charge in [0.15, 0.2) is 0 Å². The highest BCUT2D eigenvalue weighted by atomic mass is 35.5.